The van der Waals surface area contributed by atoms with E-state index < -0.39 is 0 Å². The molecule has 0 saturated heterocycles. The second-order valence-corrected chi connectivity index (χ2v) is 7.08. The van der Waals surface area contributed by atoms with Crippen molar-refractivity contribution in [1.29, 1.82) is 0 Å². The zero-order valence-corrected chi connectivity index (χ0v) is 16.0. The lowest BCUT2D eigenvalue weighted by atomic mass is 10.2. The van der Waals surface area contributed by atoms with Gasteiger partial charge >= 0.3 is 0 Å². The highest BCUT2D eigenvalue weighted by Crippen LogP contribution is 2.31. The van der Waals surface area contributed by atoms with Crippen molar-refractivity contribution < 1.29 is 9.53 Å². The van der Waals surface area contributed by atoms with Crippen LogP contribution in [0, 0.1) is 0 Å². The van der Waals surface area contributed by atoms with E-state index in [0.717, 1.165) is 21.9 Å². The molecule has 28 heavy (non-hydrogen) atoms. The number of carbonyl (C=O) groups is 1. The number of thiazole rings is 1. The SMILES string of the molecule is CNC(=O)c1cc(Oc2ccc3nc(NCc4ccccc4)sc3c2)ccn1. The average Bonchev–Trinajstić information content (AvgIpc) is 3.15. The van der Waals surface area contributed by atoms with Gasteiger partial charge in [0.2, 0.25) is 0 Å². The first-order chi connectivity index (χ1) is 13.7. The van der Waals surface area contributed by atoms with Crippen LogP contribution in [0.25, 0.3) is 10.2 Å². The molecule has 0 atom stereocenters. The summed E-state index contributed by atoms with van der Waals surface area (Å²) in [6.07, 6.45) is 1.55. The largest absolute Gasteiger partial charge is 0.457 e. The van der Waals surface area contributed by atoms with E-state index in [2.05, 4.69) is 32.7 Å². The first-order valence-corrected chi connectivity index (χ1v) is 9.57. The fourth-order valence-electron chi connectivity index (χ4n) is 2.68. The fourth-order valence-corrected chi connectivity index (χ4v) is 3.57. The van der Waals surface area contributed by atoms with Crippen LogP contribution < -0.4 is 15.4 Å². The van der Waals surface area contributed by atoms with Crippen LogP contribution in [0.3, 0.4) is 0 Å². The maximum absolute atomic E-state index is 11.7. The summed E-state index contributed by atoms with van der Waals surface area (Å²) in [7, 11) is 1.57. The molecule has 0 aliphatic carbocycles. The second kappa shape index (κ2) is 8.06. The van der Waals surface area contributed by atoms with Crippen LogP contribution in [0.5, 0.6) is 11.5 Å². The monoisotopic (exact) mass is 390 g/mol. The van der Waals surface area contributed by atoms with Gasteiger partial charge in [0.15, 0.2) is 5.13 Å². The summed E-state index contributed by atoms with van der Waals surface area (Å²) in [4.78, 5) is 20.4. The Bertz CT molecular complexity index is 1110. The molecule has 140 valence electrons. The summed E-state index contributed by atoms with van der Waals surface area (Å²) in [6, 6.07) is 19.3. The van der Waals surface area contributed by atoms with Crippen LogP contribution in [0.4, 0.5) is 5.13 Å². The fraction of sp³-hybridized carbons (Fsp3) is 0.0952. The highest BCUT2D eigenvalue weighted by atomic mass is 32.1. The molecule has 2 N–H and O–H groups in total. The average molecular weight is 390 g/mol. The van der Waals surface area contributed by atoms with Crippen molar-refractivity contribution in [3.05, 3.63) is 78.1 Å². The van der Waals surface area contributed by atoms with Gasteiger partial charge in [-0.1, -0.05) is 41.7 Å². The highest BCUT2D eigenvalue weighted by Gasteiger charge is 2.09. The number of amides is 1. The predicted octanol–water partition coefficient (Wildman–Crippen LogP) is 4.46. The first kappa shape index (κ1) is 17.9. The molecule has 7 heteroatoms. The molecule has 4 rings (SSSR count). The van der Waals surface area contributed by atoms with Gasteiger partial charge in [0.25, 0.3) is 5.91 Å². The van der Waals surface area contributed by atoms with E-state index in [1.165, 1.54) is 5.56 Å². The summed E-state index contributed by atoms with van der Waals surface area (Å²) < 4.78 is 6.92. The number of benzene rings is 2. The number of rotatable bonds is 6. The van der Waals surface area contributed by atoms with Gasteiger partial charge in [-0.3, -0.25) is 9.78 Å². The Morgan fingerprint density at radius 1 is 1.07 bits per heavy atom. The van der Waals surface area contributed by atoms with Gasteiger partial charge in [-0.05, 0) is 23.8 Å². The Hall–Kier alpha value is -3.45. The summed E-state index contributed by atoms with van der Waals surface area (Å²) in [5.74, 6) is 0.984. The number of carbonyl (C=O) groups excluding carboxylic acids is 1. The van der Waals surface area contributed by atoms with E-state index in [4.69, 9.17) is 4.74 Å². The summed E-state index contributed by atoms with van der Waals surface area (Å²) in [5, 5.41) is 6.78. The van der Waals surface area contributed by atoms with Crippen LogP contribution >= 0.6 is 11.3 Å². The predicted molar refractivity (Wildman–Crippen MR) is 111 cm³/mol. The van der Waals surface area contributed by atoms with Crippen molar-refractivity contribution in [3.63, 3.8) is 0 Å². The molecule has 0 saturated carbocycles. The van der Waals surface area contributed by atoms with E-state index in [9.17, 15) is 4.79 Å². The van der Waals surface area contributed by atoms with Crippen molar-refractivity contribution in [1.82, 2.24) is 15.3 Å². The number of pyridine rings is 1. The lowest BCUT2D eigenvalue weighted by Gasteiger charge is -2.06. The summed E-state index contributed by atoms with van der Waals surface area (Å²) >= 11 is 1.57. The van der Waals surface area contributed by atoms with E-state index in [-0.39, 0.29) is 5.91 Å². The van der Waals surface area contributed by atoms with Crippen LogP contribution in [0.15, 0.2) is 66.9 Å². The minimum atomic E-state index is -0.252. The third-order valence-corrected chi connectivity index (χ3v) is 5.05. The quantitative estimate of drug-likeness (QED) is 0.508. The van der Waals surface area contributed by atoms with E-state index in [1.54, 1.807) is 36.7 Å². The number of aromatic nitrogens is 2. The molecular formula is C21H18N4O2S. The van der Waals surface area contributed by atoms with Crippen LogP contribution in [-0.2, 0) is 6.54 Å². The number of ether oxygens (including phenoxy) is 1. The van der Waals surface area contributed by atoms with Gasteiger partial charge in [0.1, 0.15) is 17.2 Å². The van der Waals surface area contributed by atoms with Gasteiger partial charge in [-0.25, -0.2) is 4.98 Å². The van der Waals surface area contributed by atoms with Gasteiger partial charge in [0.05, 0.1) is 10.2 Å². The lowest BCUT2D eigenvalue weighted by Crippen LogP contribution is -2.18. The van der Waals surface area contributed by atoms with Gasteiger partial charge < -0.3 is 15.4 Å². The number of nitrogens with one attached hydrogen (secondary N) is 2. The molecule has 0 spiro atoms. The standard InChI is InChI=1S/C21H18N4O2S/c1-22-20(26)18-11-16(9-10-23-18)27-15-7-8-17-19(12-15)28-21(25-17)24-13-14-5-3-2-4-6-14/h2-12H,13H2,1H3,(H,22,26)(H,24,25). The second-order valence-electron chi connectivity index (χ2n) is 6.05. The molecule has 0 unspecified atom stereocenters. The molecule has 1 amide bonds. The Labute approximate surface area is 166 Å². The van der Waals surface area contributed by atoms with E-state index >= 15 is 0 Å². The maximum Gasteiger partial charge on any atom is 0.269 e. The van der Waals surface area contributed by atoms with Gasteiger partial charge in [0, 0.05) is 31.9 Å². The van der Waals surface area contributed by atoms with Gasteiger partial charge in [-0.15, -0.1) is 0 Å². The number of anilines is 1. The Balaban J connectivity index is 1.49. The molecule has 6 nitrogen and oxygen atoms in total. The molecule has 0 fully saturated rings. The molecule has 2 heterocycles. The van der Waals surface area contributed by atoms with Crippen LogP contribution in [-0.4, -0.2) is 22.9 Å². The minimum Gasteiger partial charge on any atom is -0.457 e. The summed E-state index contributed by atoms with van der Waals surface area (Å²) in [5.41, 5.74) is 2.43. The van der Waals surface area contributed by atoms with Crippen molar-refractivity contribution >= 4 is 32.6 Å². The Morgan fingerprint density at radius 2 is 1.89 bits per heavy atom. The van der Waals surface area contributed by atoms with Crippen molar-refractivity contribution in [3.8, 4) is 11.5 Å². The van der Waals surface area contributed by atoms with Crippen molar-refractivity contribution in [2.45, 2.75) is 6.54 Å². The lowest BCUT2D eigenvalue weighted by molar-refractivity contribution is 0.0958. The summed E-state index contributed by atoms with van der Waals surface area (Å²) in [6.45, 7) is 0.725. The maximum atomic E-state index is 11.7. The van der Waals surface area contributed by atoms with Gasteiger partial charge in [-0.2, -0.15) is 0 Å². The Kier molecular flexibility index (Phi) is 5.16. The van der Waals surface area contributed by atoms with Crippen LogP contribution in [0.2, 0.25) is 0 Å². The molecule has 0 bridgehead atoms. The third-order valence-electron chi connectivity index (χ3n) is 4.07. The number of hydrogen-bond donors (Lipinski definition) is 2. The molecule has 2 aromatic heterocycles. The van der Waals surface area contributed by atoms with E-state index in [0.29, 0.717) is 17.2 Å². The number of hydrogen-bond acceptors (Lipinski definition) is 6. The zero-order chi connectivity index (χ0) is 19.3. The number of nitrogens with zero attached hydrogens (tertiary/aromatic N) is 2. The normalized spacial score (nSPS) is 10.6. The van der Waals surface area contributed by atoms with Crippen molar-refractivity contribution in [2.75, 3.05) is 12.4 Å². The van der Waals surface area contributed by atoms with Crippen molar-refractivity contribution in [2.24, 2.45) is 0 Å². The van der Waals surface area contributed by atoms with E-state index in [1.807, 2.05) is 36.4 Å². The van der Waals surface area contributed by atoms with Crippen LogP contribution in [0.1, 0.15) is 16.1 Å². The zero-order valence-electron chi connectivity index (χ0n) is 15.2. The highest BCUT2D eigenvalue weighted by molar-refractivity contribution is 7.22. The molecule has 0 radical (unpaired) electrons. The molecule has 2 aromatic carbocycles. The minimum absolute atomic E-state index is 0.252. The molecule has 0 aliphatic rings. The third kappa shape index (κ3) is 4.10. The topological polar surface area (TPSA) is 76.1 Å². The molecule has 4 aromatic rings. The smallest absolute Gasteiger partial charge is 0.269 e. The number of fused-ring (bicyclic) bond motifs is 1. The first-order valence-electron chi connectivity index (χ1n) is 8.75. The molecule has 0 aliphatic heterocycles. The molecular weight excluding hydrogens is 372 g/mol. The Morgan fingerprint density at radius 3 is 2.71 bits per heavy atom.